The molecule has 2 rings (SSSR count). The molecular weight excluding hydrogens is 268 g/mol. The van der Waals surface area contributed by atoms with Crippen molar-refractivity contribution in [3.63, 3.8) is 0 Å². The molecular formula is C16H24N2OS. The Morgan fingerprint density at radius 2 is 1.90 bits per heavy atom. The van der Waals surface area contributed by atoms with Crippen LogP contribution in [0.2, 0.25) is 0 Å². The van der Waals surface area contributed by atoms with Crippen LogP contribution < -0.4 is 10.1 Å². The number of hydrogen-bond acceptors (Lipinski definition) is 4. The van der Waals surface area contributed by atoms with Gasteiger partial charge in [0.15, 0.2) is 5.13 Å². The molecule has 20 heavy (non-hydrogen) atoms. The predicted octanol–water partition coefficient (Wildman–Crippen LogP) is 4.65. The first kappa shape index (κ1) is 15.1. The molecule has 3 nitrogen and oxygen atoms in total. The first-order chi connectivity index (χ1) is 9.51. The monoisotopic (exact) mass is 292 g/mol. The SMILES string of the molecule is COc1ccc2nc(NCC(C(C)C)C(C)C)sc2c1. The van der Waals surface area contributed by atoms with Gasteiger partial charge < -0.3 is 10.1 Å². The highest BCUT2D eigenvalue weighted by Gasteiger charge is 2.17. The fraction of sp³-hybridized carbons (Fsp3) is 0.562. The molecule has 4 heteroatoms. The number of ether oxygens (including phenoxy) is 1. The number of methoxy groups -OCH3 is 1. The van der Waals surface area contributed by atoms with Crippen LogP contribution >= 0.6 is 11.3 Å². The predicted molar refractivity (Wildman–Crippen MR) is 87.8 cm³/mol. The summed E-state index contributed by atoms with van der Waals surface area (Å²) in [5.74, 6) is 2.90. The van der Waals surface area contributed by atoms with Gasteiger partial charge in [0.1, 0.15) is 5.75 Å². The molecule has 1 aromatic carbocycles. The molecule has 0 saturated carbocycles. The topological polar surface area (TPSA) is 34.1 Å². The van der Waals surface area contributed by atoms with Crippen molar-refractivity contribution >= 4 is 26.7 Å². The number of thiazole rings is 1. The Hall–Kier alpha value is -1.29. The quantitative estimate of drug-likeness (QED) is 0.842. The summed E-state index contributed by atoms with van der Waals surface area (Å²) in [6, 6.07) is 6.01. The summed E-state index contributed by atoms with van der Waals surface area (Å²) in [7, 11) is 1.69. The molecule has 0 aliphatic rings. The minimum absolute atomic E-state index is 0.663. The van der Waals surface area contributed by atoms with Crippen molar-refractivity contribution < 1.29 is 4.74 Å². The number of fused-ring (bicyclic) bond motifs is 1. The Labute approximate surface area is 125 Å². The molecule has 0 bridgehead atoms. The van der Waals surface area contributed by atoms with Gasteiger partial charge in [-0.05, 0) is 36.0 Å². The maximum atomic E-state index is 5.25. The third kappa shape index (κ3) is 3.42. The first-order valence-corrected chi connectivity index (χ1v) is 8.01. The zero-order valence-corrected chi connectivity index (χ0v) is 13.8. The Bertz CT molecular complexity index is 555. The lowest BCUT2D eigenvalue weighted by atomic mass is 9.86. The van der Waals surface area contributed by atoms with E-state index in [0.717, 1.165) is 27.6 Å². The zero-order chi connectivity index (χ0) is 14.7. The lowest BCUT2D eigenvalue weighted by Gasteiger charge is -2.24. The van der Waals surface area contributed by atoms with E-state index < -0.39 is 0 Å². The third-order valence-electron chi connectivity index (χ3n) is 3.80. The Morgan fingerprint density at radius 1 is 1.20 bits per heavy atom. The summed E-state index contributed by atoms with van der Waals surface area (Å²) < 4.78 is 6.42. The van der Waals surface area contributed by atoms with E-state index >= 15 is 0 Å². The molecule has 2 aromatic rings. The summed E-state index contributed by atoms with van der Waals surface area (Å²) in [6.45, 7) is 10.1. The van der Waals surface area contributed by atoms with E-state index in [9.17, 15) is 0 Å². The molecule has 0 atom stereocenters. The Kier molecular flexibility index (Phi) is 4.86. The van der Waals surface area contributed by atoms with Crippen LogP contribution in [0.25, 0.3) is 10.2 Å². The summed E-state index contributed by atoms with van der Waals surface area (Å²) in [5, 5.41) is 4.50. The molecule has 0 unspecified atom stereocenters. The van der Waals surface area contributed by atoms with Crippen LogP contribution in [0.4, 0.5) is 5.13 Å². The lowest BCUT2D eigenvalue weighted by molar-refractivity contribution is 0.304. The number of anilines is 1. The number of rotatable bonds is 6. The van der Waals surface area contributed by atoms with Gasteiger partial charge in [0.2, 0.25) is 0 Å². The van der Waals surface area contributed by atoms with Gasteiger partial charge in [-0.2, -0.15) is 0 Å². The molecule has 0 radical (unpaired) electrons. The van der Waals surface area contributed by atoms with Gasteiger partial charge in [-0.25, -0.2) is 4.98 Å². The van der Waals surface area contributed by atoms with Crippen molar-refractivity contribution in [1.29, 1.82) is 0 Å². The highest BCUT2D eigenvalue weighted by atomic mass is 32.1. The molecule has 0 fully saturated rings. The van der Waals surface area contributed by atoms with E-state index in [1.807, 2.05) is 18.2 Å². The van der Waals surface area contributed by atoms with Crippen molar-refractivity contribution in [2.24, 2.45) is 17.8 Å². The van der Waals surface area contributed by atoms with Gasteiger partial charge in [-0.1, -0.05) is 39.0 Å². The van der Waals surface area contributed by atoms with Gasteiger partial charge in [0.05, 0.1) is 17.3 Å². The molecule has 1 N–H and O–H groups in total. The average Bonchev–Trinajstić information content (AvgIpc) is 2.79. The van der Waals surface area contributed by atoms with Crippen molar-refractivity contribution in [3.8, 4) is 5.75 Å². The second-order valence-electron chi connectivity index (χ2n) is 5.89. The van der Waals surface area contributed by atoms with Crippen molar-refractivity contribution in [3.05, 3.63) is 18.2 Å². The van der Waals surface area contributed by atoms with Gasteiger partial charge in [0.25, 0.3) is 0 Å². The molecule has 0 aliphatic carbocycles. The molecule has 0 aliphatic heterocycles. The molecule has 110 valence electrons. The minimum atomic E-state index is 0.663. The van der Waals surface area contributed by atoms with Crippen LogP contribution in [0, 0.1) is 17.8 Å². The Balaban J connectivity index is 2.10. The fourth-order valence-electron chi connectivity index (χ4n) is 2.55. The Morgan fingerprint density at radius 3 is 2.50 bits per heavy atom. The highest BCUT2D eigenvalue weighted by Crippen LogP contribution is 2.30. The number of hydrogen-bond donors (Lipinski definition) is 1. The second-order valence-corrected chi connectivity index (χ2v) is 6.92. The standard InChI is InChI=1S/C16H24N2OS/c1-10(2)13(11(3)4)9-17-16-18-14-7-6-12(19-5)8-15(14)20-16/h6-8,10-11,13H,9H2,1-5H3,(H,17,18). The van der Waals surface area contributed by atoms with Gasteiger partial charge in [0, 0.05) is 6.54 Å². The molecule has 0 saturated heterocycles. The van der Waals surface area contributed by atoms with E-state index in [4.69, 9.17) is 4.74 Å². The maximum Gasteiger partial charge on any atom is 0.183 e. The normalized spacial score (nSPS) is 11.8. The van der Waals surface area contributed by atoms with Crippen LogP contribution in [-0.2, 0) is 0 Å². The number of aromatic nitrogens is 1. The van der Waals surface area contributed by atoms with E-state index in [1.165, 1.54) is 0 Å². The van der Waals surface area contributed by atoms with Crippen LogP contribution in [0.15, 0.2) is 18.2 Å². The molecule has 1 aromatic heterocycles. The maximum absolute atomic E-state index is 5.25. The largest absolute Gasteiger partial charge is 0.497 e. The minimum Gasteiger partial charge on any atom is -0.497 e. The lowest BCUT2D eigenvalue weighted by Crippen LogP contribution is -2.24. The van der Waals surface area contributed by atoms with Crippen molar-refractivity contribution in [2.75, 3.05) is 19.0 Å². The van der Waals surface area contributed by atoms with E-state index in [2.05, 4.69) is 38.0 Å². The summed E-state index contributed by atoms with van der Waals surface area (Å²) in [4.78, 5) is 4.63. The second kappa shape index (κ2) is 6.44. The van der Waals surface area contributed by atoms with E-state index in [0.29, 0.717) is 17.8 Å². The van der Waals surface area contributed by atoms with Crippen LogP contribution in [-0.4, -0.2) is 18.6 Å². The smallest absolute Gasteiger partial charge is 0.183 e. The molecule has 1 heterocycles. The molecule has 0 spiro atoms. The number of nitrogens with zero attached hydrogens (tertiary/aromatic N) is 1. The van der Waals surface area contributed by atoms with Gasteiger partial charge >= 0.3 is 0 Å². The zero-order valence-electron chi connectivity index (χ0n) is 12.9. The van der Waals surface area contributed by atoms with E-state index in [-0.39, 0.29) is 0 Å². The molecule has 0 amide bonds. The fourth-order valence-corrected chi connectivity index (χ4v) is 3.46. The third-order valence-corrected chi connectivity index (χ3v) is 4.77. The highest BCUT2D eigenvalue weighted by molar-refractivity contribution is 7.22. The van der Waals surface area contributed by atoms with Crippen LogP contribution in [0.5, 0.6) is 5.75 Å². The average molecular weight is 292 g/mol. The van der Waals surface area contributed by atoms with Crippen LogP contribution in [0.3, 0.4) is 0 Å². The van der Waals surface area contributed by atoms with Crippen LogP contribution in [0.1, 0.15) is 27.7 Å². The summed E-state index contributed by atoms with van der Waals surface area (Å²) >= 11 is 1.69. The summed E-state index contributed by atoms with van der Waals surface area (Å²) in [6.07, 6.45) is 0. The van der Waals surface area contributed by atoms with Gasteiger partial charge in [-0.3, -0.25) is 0 Å². The number of benzene rings is 1. The van der Waals surface area contributed by atoms with Crippen molar-refractivity contribution in [2.45, 2.75) is 27.7 Å². The summed E-state index contributed by atoms with van der Waals surface area (Å²) in [5.41, 5.74) is 1.03. The van der Waals surface area contributed by atoms with Crippen molar-refractivity contribution in [1.82, 2.24) is 4.98 Å². The number of nitrogens with one attached hydrogen (secondary N) is 1. The first-order valence-electron chi connectivity index (χ1n) is 7.19. The van der Waals surface area contributed by atoms with Gasteiger partial charge in [-0.15, -0.1) is 0 Å². The van der Waals surface area contributed by atoms with E-state index in [1.54, 1.807) is 18.4 Å².